The van der Waals surface area contributed by atoms with Crippen molar-refractivity contribution in [2.45, 2.75) is 63.7 Å². The number of guanidine groups is 1. The fourth-order valence-electron chi connectivity index (χ4n) is 2.76. The van der Waals surface area contributed by atoms with Crippen LogP contribution in [0.25, 0.3) is 0 Å². The van der Waals surface area contributed by atoms with Crippen molar-refractivity contribution in [1.29, 1.82) is 0 Å². The SMILES string of the molecule is CC(C)CC(NC(=O)C(CCCN=C(N)N)NC(=O)C(CC(=O)O)NC(=O)C(N)CO)C(=O)O. The number of carbonyl (C=O) groups excluding carboxylic acids is 3. The highest BCUT2D eigenvalue weighted by atomic mass is 16.4. The van der Waals surface area contributed by atoms with Crippen molar-refractivity contribution in [1.82, 2.24) is 16.0 Å². The molecular weight excluding hydrogens is 454 g/mol. The Labute approximate surface area is 196 Å². The van der Waals surface area contributed by atoms with Gasteiger partial charge in [0.15, 0.2) is 5.96 Å². The van der Waals surface area contributed by atoms with Crippen LogP contribution in [0.1, 0.15) is 39.5 Å². The molecule has 194 valence electrons. The van der Waals surface area contributed by atoms with Crippen LogP contribution in [0.15, 0.2) is 4.99 Å². The largest absolute Gasteiger partial charge is 0.481 e. The first-order valence-corrected chi connectivity index (χ1v) is 10.6. The van der Waals surface area contributed by atoms with Gasteiger partial charge in [-0.1, -0.05) is 13.8 Å². The summed E-state index contributed by atoms with van der Waals surface area (Å²) in [6, 6.07) is -5.51. The van der Waals surface area contributed by atoms with Crippen LogP contribution in [-0.4, -0.2) is 88.3 Å². The number of carboxylic acids is 2. The molecule has 12 N–H and O–H groups in total. The third-order valence-electron chi connectivity index (χ3n) is 4.45. The summed E-state index contributed by atoms with van der Waals surface area (Å²) in [6.45, 7) is 2.91. The summed E-state index contributed by atoms with van der Waals surface area (Å²) in [6.07, 6.45) is -0.508. The number of rotatable bonds is 16. The molecule has 15 heteroatoms. The second-order valence-corrected chi connectivity index (χ2v) is 7.99. The number of aliphatic hydroxyl groups excluding tert-OH is 1. The Morgan fingerprint density at radius 1 is 0.882 bits per heavy atom. The lowest BCUT2D eigenvalue weighted by molar-refractivity contribution is -0.143. The molecule has 0 aliphatic heterocycles. The minimum atomic E-state index is -1.61. The van der Waals surface area contributed by atoms with Gasteiger partial charge in [0.1, 0.15) is 24.2 Å². The maximum atomic E-state index is 12.8. The van der Waals surface area contributed by atoms with Crippen molar-refractivity contribution < 1.29 is 39.3 Å². The predicted molar refractivity (Wildman–Crippen MR) is 120 cm³/mol. The third kappa shape index (κ3) is 12.5. The molecule has 0 rings (SSSR count). The van der Waals surface area contributed by atoms with E-state index >= 15 is 0 Å². The van der Waals surface area contributed by atoms with Gasteiger partial charge in [0.2, 0.25) is 17.7 Å². The molecule has 0 saturated heterocycles. The Kier molecular flexibility index (Phi) is 13.8. The van der Waals surface area contributed by atoms with Crippen molar-refractivity contribution in [3.05, 3.63) is 0 Å². The molecule has 4 unspecified atom stereocenters. The van der Waals surface area contributed by atoms with Crippen LogP contribution >= 0.6 is 0 Å². The molecule has 0 aliphatic rings. The number of aliphatic imine (C=N–C) groups is 1. The van der Waals surface area contributed by atoms with Gasteiger partial charge in [0, 0.05) is 6.54 Å². The van der Waals surface area contributed by atoms with Crippen LogP contribution in [0, 0.1) is 5.92 Å². The number of aliphatic carboxylic acids is 2. The van der Waals surface area contributed by atoms with Crippen LogP contribution in [-0.2, 0) is 24.0 Å². The summed E-state index contributed by atoms with van der Waals surface area (Å²) in [5, 5.41) is 34.2. The molecule has 0 radical (unpaired) electrons. The predicted octanol–water partition coefficient (Wildman–Crippen LogP) is -3.58. The van der Waals surface area contributed by atoms with Gasteiger partial charge < -0.3 is 48.5 Å². The number of nitrogens with one attached hydrogen (secondary N) is 3. The number of carbonyl (C=O) groups is 5. The fraction of sp³-hybridized carbons (Fsp3) is 0.684. The zero-order valence-electron chi connectivity index (χ0n) is 19.2. The second-order valence-electron chi connectivity index (χ2n) is 7.99. The first kappa shape index (κ1) is 30.5. The highest BCUT2D eigenvalue weighted by Crippen LogP contribution is 2.07. The van der Waals surface area contributed by atoms with Crippen LogP contribution < -0.4 is 33.2 Å². The van der Waals surface area contributed by atoms with E-state index in [2.05, 4.69) is 20.9 Å². The molecule has 0 aromatic carbocycles. The lowest BCUT2D eigenvalue weighted by Crippen LogP contribution is -2.57. The third-order valence-corrected chi connectivity index (χ3v) is 4.45. The maximum Gasteiger partial charge on any atom is 0.326 e. The van der Waals surface area contributed by atoms with E-state index in [1.807, 2.05) is 0 Å². The van der Waals surface area contributed by atoms with Gasteiger partial charge in [-0.05, 0) is 25.2 Å². The average Bonchev–Trinajstić information content (AvgIpc) is 2.72. The molecular formula is C19H35N7O8. The fourth-order valence-corrected chi connectivity index (χ4v) is 2.76. The molecule has 0 aromatic heterocycles. The number of carboxylic acid groups (broad SMARTS) is 2. The molecule has 0 aromatic rings. The molecule has 3 amide bonds. The Balaban J connectivity index is 5.61. The van der Waals surface area contributed by atoms with Gasteiger partial charge in [0.05, 0.1) is 13.0 Å². The Hall–Kier alpha value is -3.46. The molecule has 34 heavy (non-hydrogen) atoms. The molecule has 0 bridgehead atoms. The van der Waals surface area contributed by atoms with E-state index in [-0.39, 0.29) is 37.7 Å². The van der Waals surface area contributed by atoms with E-state index in [0.29, 0.717) is 0 Å². The average molecular weight is 490 g/mol. The van der Waals surface area contributed by atoms with Gasteiger partial charge in [-0.2, -0.15) is 0 Å². The normalized spacial score (nSPS) is 14.3. The van der Waals surface area contributed by atoms with E-state index in [1.54, 1.807) is 13.8 Å². The quantitative estimate of drug-likeness (QED) is 0.0580. The van der Waals surface area contributed by atoms with Crippen molar-refractivity contribution in [2.24, 2.45) is 28.1 Å². The maximum absolute atomic E-state index is 12.8. The summed E-state index contributed by atoms with van der Waals surface area (Å²) >= 11 is 0. The molecule has 0 spiro atoms. The molecule has 15 nitrogen and oxygen atoms in total. The smallest absolute Gasteiger partial charge is 0.326 e. The summed E-state index contributed by atoms with van der Waals surface area (Å²) in [5.41, 5.74) is 15.9. The highest BCUT2D eigenvalue weighted by Gasteiger charge is 2.31. The van der Waals surface area contributed by atoms with E-state index in [4.69, 9.17) is 27.4 Å². The Bertz CT molecular complexity index is 755. The zero-order chi connectivity index (χ0) is 26.4. The van der Waals surface area contributed by atoms with E-state index in [1.165, 1.54) is 0 Å². The van der Waals surface area contributed by atoms with Crippen LogP contribution in [0.4, 0.5) is 0 Å². The summed E-state index contributed by atoms with van der Waals surface area (Å²) in [4.78, 5) is 63.9. The van der Waals surface area contributed by atoms with Gasteiger partial charge in [-0.15, -0.1) is 0 Å². The molecule has 0 fully saturated rings. The van der Waals surface area contributed by atoms with Gasteiger partial charge in [-0.25, -0.2) is 4.79 Å². The monoisotopic (exact) mass is 489 g/mol. The number of nitrogens with zero attached hydrogens (tertiary/aromatic N) is 1. The molecule has 0 aliphatic carbocycles. The summed E-state index contributed by atoms with van der Waals surface area (Å²) < 4.78 is 0. The van der Waals surface area contributed by atoms with Crippen molar-refractivity contribution in [3.63, 3.8) is 0 Å². The number of hydrogen-bond acceptors (Lipinski definition) is 8. The van der Waals surface area contributed by atoms with Crippen molar-refractivity contribution in [2.75, 3.05) is 13.2 Å². The van der Waals surface area contributed by atoms with Gasteiger partial charge in [0.25, 0.3) is 0 Å². The number of aliphatic hydroxyl groups is 1. The van der Waals surface area contributed by atoms with Gasteiger partial charge >= 0.3 is 11.9 Å². The summed E-state index contributed by atoms with van der Waals surface area (Å²) in [7, 11) is 0. The van der Waals surface area contributed by atoms with E-state index in [0.717, 1.165) is 0 Å². The zero-order valence-corrected chi connectivity index (χ0v) is 19.2. The van der Waals surface area contributed by atoms with Crippen molar-refractivity contribution in [3.8, 4) is 0 Å². The topological polar surface area (TPSA) is 273 Å². The lowest BCUT2D eigenvalue weighted by Gasteiger charge is -2.25. The van der Waals surface area contributed by atoms with Crippen molar-refractivity contribution >= 4 is 35.6 Å². The summed E-state index contributed by atoms with van der Waals surface area (Å²) in [5.74, 6) is -5.73. The van der Waals surface area contributed by atoms with Crippen LogP contribution in [0.3, 0.4) is 0 Å². The van der Waals surface area contributed by atoms with Gasteiger partial charge in [-0.3, -0.25) is 24.2 Å². The highest BCUT2D eigenvalue weighted by molar-refractivity contribution is 5.95. The molecule has 0 heterocycles. The number of hydrogen-bond donors (Lipinski definition) is 9. The standard InChI is InChI=1S/C19H35N7O8/c1-9(2)6-13(18(33)34)26-16(31)11(4-3-5-23-19(21)22)24-17(32)12(7-14(28)29)25-15(30)10(20)8-27/h9-13,27H,3-8,20H2,1-2H3,(H,24,32)(H,25,30)(H,26,31)(H,28,29)(H,33,34)(H4,21,22,23). The minimum Gasteiger partial charge on any atom is -0.481 e. The second kappa shape index (κ2) is 15.4. The molecule has 0 saturated carbocycles. The van der Waals surface area contributed by atoms with Crippen LogP contribution in [0.5, 0.6) is 0 Å². The van der Waals surface area contributed by atoms with Crippen LogP contribution in [0.2, 0.25) is 0 Å². The van der Waals surface area contributed by atoms with E-state index < -0.39 is 66.9 Å². The first-order valence-electron chi connectivity index (χ1n) is 10.6. The Morgan fingerprint density at radius 2 is 1.41 bits per heavy atom. The Morgan fingerprint density at radius 3 is 1.88 bits per heavy atom. The number of amides is 3. The molecule has 4 atom stereocenters. The van der Waals surface area contributed by atoms with E-state index in [9.17, 15) is 29.1 Å². The first-order chi connectivity index (χ1) is 15.8. The number of nitrogens with two attached hydrogens (primary N) is 3. The lowest BCUT2D eigenvalue weighted by atomic mass is 10.0. The minimum absolute atomic E-state index is 0.0216.